The molecule has 0 amide bonds. The van der Waals surface area contributed by atoms with E-state index in [0.29, 0.717) is 19.3 Å². The summed E-state index contributed by atoms with van der Waals surface area (Å²) < 4.78 is 21.5. The second kappa shape index (κ2) is 7.29. The van der Waals surface area contributed by atoms with E-state index in [1.807, 2.05) is 24.5 Å². The van der Waals surface area contributed by atoms with Gasteiger partial charge in [0.05, 0.1) is 13.2 Å². The van der Waals surface area contributed by atoms with Crippen molar-refractivity contribution in [1.29, 1.82) is 0 Å². The Morgan fingerprint density at radius 3 is 2.86 bits per heavy atom. The number of rotatable bonds is 5. The highest BCUT2D eigenvalue weighted by Crippen LogP contribution is 2.78. The third-order valence-electron chi connectivity index (χ3n) is 11.3. The van der Waals surface area contributed by atoms with Gasteiger partial charge in [-0.1, -0.05) is 31.2 Å². The second-order valence-electron chi connectivity index (χ2n) is 12.6. The Bertz CT molecular complexity index is 1400. The molecule has 4 fully saturated rings. The molecule has 3 saturated carbocycles. The van der Waals surface area contributed by atoms with Gasteiger partial charge < -0.3 is 24.2 Å². The molecule has 1 unspecified atom stereocenters. The molecule has 37 heavy (non-hydrogen) atoms. The van der Waals surface area contributed by atoms with Gasteiger partial charge in [0, 0.05) is 44.5 Å². The Morgan fingerprint density at radius 2 is 2.03 bits per heavy atom. The SMILES string of the molecule is COC12CC[C@]3(C[C@]1(C)COCc1cc4ccccc4s1)[C@H]1Cc4ccc(O)c5c4[C@@]3(CCN1C)[C@H]2O5. The average Bonchev–Trinajstić information content (AvgIpc) is 3.47. The standard InChI is InChI=1S/C31H35NO4S/c1-28(18-35-16-21-14-19-6-4-5-7-23(19)37-21)17-29-10-11-31(28,34-3)27-30(29)12-13-32(2)24(29)15-20-8-9-22(33)26(36-27)25(20)30/h4-9,14,24,27,33H,10-13,15-18H2,1-3H3/t24-,27-,28-,29+,30+,31?/m1/s1. The first-order valence-corrected chi connectivity index (χ1v) is 14.5. The first kappa shape index (κ1) is 22.8. The normalized spacial score (nSPS) is 39.1. The van der Waals surface area contributed by atoms with Crippen LogP contribution >= 0.6 is 11.3 Å². The van der Waals surface area contributed by atoms with Crippen LogP contribution in [-0.2, 0) is 27.9 Å². The van der Waals surface area contributed by atoms with Crippen molar-refractivity contribution in [1.82, 2.24) is 4.90 Å². The first-order chi connectivity index (χ1) is 17.9. The second-order valence-corrected chi connectivity index (χ2v) is 13.8. The van der Waals surface area contributed by atoms with Crippen LogP contribution in [0.1, 0.15) is 48.6 Å². The number of phenols is 1. The predicted molar refractivity (Wildman–Crippen MR) is 145 cm³/mol. The zero-order valence-corrected chi connectivity index (χ0v) is 22.7. The summed E-state index contributed by atoms with van der Waals surface area (Å²) in [7, 11) is 4.19. The first-order valence-electron chi connectivity index (χ1n) is 13.7. The molecule has 2 spiro atoms. The van der Waals surface area contributed by atoms with Crippen LogP contribution in [0.3, 0.4) is 0 Å². The fraction of sp³-hybridized carbons (Fsp3) is 0.548. The number of thiophene rings is 1. The fourth-order valence-corrected chi connectivity index (χ4v) is 10.9. The van der Waals surface area contributed by atoms with Gasteiger partial charge in [0.25, 0.3) is 0 Å². The van der Waals surface area contributed by atoms with Crippen molar-refractivity contribution in [3.05, 3.63) is 58.5 Å². The summed E-state index contributed by atoms with van der Waals surface area (Å²) in [5.41, 5.74) is 1.99. The number of ether oxygens (including phenoxy) is 3. The van der Waals surface area contributed by atoms with E-state index in [9.17, 15) is 5.11 Å². The Morgan fingerprint density at radius 1 is 1.16 bits per heavy atom. The third kappa shape index (κ3) is 2.52. The number of likely N-dealkylation sites (tertiary alicyclic amines) is 1. The number of fused-ring (bicyclic) bond motifs is 3. The van der Waals surface area contributed by atoms with Gasteiger partial charge in [-0.2, -0.15) is 0 Å². The molecule has 1 saturated heterocycles. The number of hydrogen-bond donors (Lipinski definition) is 1. The summed E-state index contributed by atoms with van der Waals surface area (Å²) in [6.45, 7) is 4.69. The number of benzene rings is 2. The fourth-order valence-electron chi connectivity index (χ4n) is 9.91. The van der Waals surface area contributed by atoms with Gasteiger partial charge in [0.15, 0.2) is 11.5 Å². The highest BCUT2D eigenvalue weighted by Gasteiger charge is 2.82. The molecule has 6 heteroatoms. The summed E-state index contributed by atoms with van der Waals surface area (Å²) in [4.78, 5) is 3.87. The van der Waals surface area contributed by atoms with Crippen molar-refractivity contribution in [3.63, 3.8) is 0 Å². The van der Waals surface area contributed by atoms with Crippen LogP contribution in [0.5, 0.6) is 11.5 Å². The molecular formula is C31H35NO4S. The van der Waals surface area contributed by atoms with Crippen molar-refractivity contribution in [3.8, 4) is 11.5 Å². The molecule has 5 nitrogen and oxygen atoms in total. The Labute approximate surface area is 222 Å². The van der Waals surface area contributed by atoms with Crippen LogP contribution in [0.25, 0.3) is 10.1 Å². The summed E-state index contributed by atoms with van der Waals surface area (Å²) in [5.74, 6) is 1.01. The maximum Gasteiger partial charge on any atom is 0.165 e. The lowest BCUT2D eigenvalue weighted by Crippen LogP contribution is -2.83. The Kier molecular flexibility index (Phi) is 4.50. The van der Waals surface area contributed by atoms with Gasteiger partial charge in [0.2, 0.25) is 0 Å². The molecule has 6 aliphatic rings. The van der Waals surface area contributed by atoms with Gasteiger partial charge in [-0.25, -0.2) is 0 Å². The molecule has 0 radical (unpaired) electrons. The zero-order valence-electron chi connectivity index (χ0n) is 21.9. The molecule has 194 valence electrons. The Hall–Kier alpha value is -2.12. The van der Waals surface area contributed by atoms with E-state index in [0.717, 1.165) is 44.4 Å². The summed E-state index contributed by atoms with van der Waals surface area (Å²) in [5, 5.41) is 12.3. The minimum absolute atomic E-state index is 0.0900. The molecule has 4 bridgehead atoms. The highest BCUT2D eigenvalue weighted by molar-refractivity contribution is 7.19. The number of aromatic hydroxyl groups is 1. The van der Waals surface area contributed by atoms with E-state index >= 15 is 0 Å². The van der Waals surface area contributed by atoms with E-state index in [1.165, 1.54) is 26.1 Å². The lowest BCUT2D eigenvalue weighted by atomic mass is 9.32. The lowest BCUT2D eigenvalue weighted by molar-refractivity contribution is -0.313. The van der Waals surface area contributed by atoms with Gasteiger partial charge >= 0.3 is 0 Å². The van der Waals surface area contributed by atoms with E-state index in [-0.39, 0.29) is 28.1 Å². The number of phenolic OH excluding ortho intramolecular Hbond substituents is 1. The highest BCUT2D eigenvalue weighted by atomic mass is 32.1. The van der Waals surface area contributed by atoms with Gasteiger partial charge in [-0.3, -0.25) is 0 Å². The molecule has 3 heterocycles. The quantitative estimate of drug-likeness (QED) is 0.474. The lowest BCUT2D eigenvalue weighted by Gasteiger charge is -2.76. The van der Waals surface area contributed by atoms with Crippen LogP contribution in [0.4, 0.5) is 0 Å². The van der Waals surface area contributed by atoms with Crippen molar-refractivity contribution >= 4 is 21.4 Å². The number of piperidine rings is 1. The molecule has 3 aromatic rings. The Balaban J connectivity index is 1.21. The van der Waals surface area contributed by atoms with Crippen LogP contribution < -0.4 is 4.74 Å². The van der Waals surface area contributed by atoms with Crippen molar-refractivity contribution in [2.45, 2.75) is 68.8 Å². The largest absolute Gasteiger partial charge is 0.504 e. The topological polar surface area (TPSA) is 51.2 Å². The maximum absolute atomic E-state index is 11.0. The van der Waals surface area contributed by atoms with Crippen molar-refractivity contribution in [2.24, 2.45) is 10.8 Å². The minimum Gasteiger partial charge on any atom is -0.504 e. The van der Waals surface area contributed by atoms with Crippen molar-refractivity contribution < 1.29 is 19.3 Å². The van der Waals surface area contributed by atoms with Crippen LogP contribution in [0.15, 0.2) is 42.5 Å². The van der Waals surface area contributed by atoms with Crippen LogP contribution in [-0.4, -0.2) is 55.1 Å². The maximum atomic E-state index is 11.0. The van der Waals surface area contributed by atoms with Gasteiger partial charge in [0.1, 0.15) is 11.7 Å². The number of nitrogens with zero attached hydrogens (tertiary/aromatic N) is 1. The average molecular weight is 518 g/mol. The van der Waals surface area contributed by atoms with Crippen LogP contribution in [0.2, 0.25) is 0 Å². The molecule has 2 aromatic carbocycles. The molecule has 2 aliphatic heterocycles. The van der Waals surface area contributed by atoms with Crippen molar-refractivity contribution in [2.75, 3.05) is 27.3 Å². The minimum atomic E-state index is -0.463. The summed E-state index contributed by atoms with van der Waals surface area (Å²) in [6, 6.07) is 15.3. The van der Waals surface area contributed by atoms with E-state index in [4.69, 9.17) is 14.2 Å². The molecule has 1 aromatic heterocycles. The molecule has 6 atom stereocenters. The number of methoxy groups -OCH3 is 1. The van der Waals surface area contributed by atoms with E-state index in [1.54, 1.807) is 0 Å². The zero-order chi connectivity index (χ0) is 25.2. The molecule has 1 N–H and O–H groups in total. The smallest absolute Gasteiger partial charge is 0.165 e. The summed E-state index contributed by atoms with van der Waals surface area (Å²) >= 11 is 1.82. The summed E-state index contributed by atoms with van der Waals surface area (Å²) in [6.07, 6.45) is 5.13. The number of hydrogen-bond acceptors (Lipinski definition) is 6. The van der Waals surface area contributed by atoms with Gasteiger partial charge in [-0.05, 0) is 74.8 Å². The monoisotopic (exact) mass is 517 g/mol. The predicted octanol–water partition coefficient (Wildman–Crippen LogP) is 5.66. The third-order valence-corrected chi connectivity index (χ3v) is 12.4. The molecule has 9 rings (SSSR count). The van der Waals surface area contributed by atoms with Crippen LogP contribution in [0, 0.1) is 10.8 Å². The number of likely N-dealkylation sites (N-methyl/N-ethyl adjacent to an activating group) is 1. The molecule has 4 aliphatic carbocycles. The van der Waals surface area contributed by atoms with Gasteiger partial charge in [-0.15, -0.1) is 11.3 Å². The van der Waals surface area contributed by atoms with E-state index in [2.05, 4.69) is 55.3 Å². The van der Waals surface area contributed by atoms with E-state index < -0.39 is 5.60 Å². The molecular weight excluding hydrogens is 482 g/mol.